The minimum Gasteiger partial charge on any atom is -0.465 e. The van der Waals surface area contributed by atoms with E-state index >= 15 is 0 Å². The molecule has 0 atom stereocenters. The lowest BCUT2D eigenvalue weighted by Gasteiger charge is -2.34. The van der Waals surface area contributed by atoms with Gasteiger partial charge < -0.3 is 15.0 Å². The van der Waals surface area contributed by atoms with E-state index < -0.39 is 27.2 Å². The fourth-order valence-corrected chi connectivity index (χ4v) is 3.66. The summed E-state index contributed by atoms with van der Waals surface area (Å²) in [6.45, 7) is 2.91. The van der Waals surface area contributed by atoms with Crippen molar-refractivity contribution in [2.75, 3.05) is 30.4 Å². The molecule has 1 N–H and O–H groups in total. The molecule has 2 aromatic carbocycles. The molecule has 1 fully saturated rings. The summed E-state index contributed by atoms with van der Waals surface area (Å²) in [5.41, 5.74) is 1.03. The van der Waals surface area contributed by atoms with Crippen LogP contribution < -0.4 is 10.2 Å². The number of nitro groups is 2. The second-order valence-electron chi connectivity index (χ2n) is 7.14. The van der Waals surface area contributed by atoms with Gasteiger partial charge in [0, 0.05) is 30.9 Å². The summed E-state index contributed by atoms with van der Waals surface area (Å²) in [6.07, 6.45) is 1.37. The Morgan fingerprint density at radius 1 is 1.13 bits per heavy atom. The van der Waals surface area contributed by atoms with E-state index in [0.29, 0.717) is 25.9 Å². The van der Waals surface area contributed by atoms with Crippen LogP contribution in [0.25, 0.3) is 0 Å². The Morgan fingerprint density at radius 2 is 1.83 bits per heavy atom. The Morgan fingerprint density at radius 3 is 2.40 bits per heavy atom. The number of piperidine rings is 1. The largest absolute Gasteiger partial charge is 0.465 e. The molecular weight excluding hydrogens is 392 g/mol. The number of carbonyl (C=O) groups is 1. The maximum Gasteiger partial charge on any atom is 0.340 e. The molecule has 0 aromatic heterocycles. The standard InChI is InChI=1S/C20H22N4O6/c1-13-4-3-5-15(10-13)21-14-6-8-22(9-7-14)19-17(20(25)30-2)11-16(23(26)27)12-18(19)24(28)29/h3-5,10-12,14,21H,6-9H2,1-2H3. The number of aryl methyl sites for hydroxylation is 1. The Labute approximate surface area is 172 Å². The van der Waals surface area contributed by atoms with Crippen LogP contribution in [0.1, 0.15) is 28.8 Å². The summed E-state index contributed by atoms with van der Waals surface area (Å²) in [7, 11) is 1.13. The van der Waals surface area contributed by atoms with Crippen molar-refractivity contribution >= 4 is 28.7 Å². The number of carbonyl (C=O) groups excluding carboxylic acids is 1. The highest BCUT2D eigenvalue weighted by atomic mass is 16.6. The first-order chi connectivity index (χ1) is 14.3. The van der Waals surface area contributed by atoms with Gasteiger partial charge in [-0.2, -0.15) is 0 Å². The molecule has 2 aromatic rings. The van der Waals surface area contributed by atoms with Crippen molar-refractivity contribution in [3.05, 3.63) is 67.8 Å². The third-order valence-corrected chi connectivity index (χ3v) is 5.09. The number of nitro benzene ring substituents is 2. The normalized spacial score (nSPS) is 14.3. The summed E-state index contributed by atoms with van der Waals surface area (Å²) >= 11 is 0. The second-order valence-corrected chi connectivity index (χ2v) is 7.14. The Hall–Kier alpha value is -3.69. The van der Waals surface area contributed by atoms with Crippen LogP contribution in [-0.4, -0.2) is 42.1 Å². The van der Waals surface area contributed by atoms with Crippen LogP contribution in [0, 0.1) is 27.2 Å². The molecule has 10 heteroatoms. The topological polar surface area (TPSA) is 128 Å². The zero-order valence-corrected chi connectivity index (χ0v) is 16.7. The van der Waals surface area contributed by atoms with Gasteiger partial charge in [0.05, 0.1) is 28.6 Å². The quantitative estimate of drug-likeness (QED) is 0.431. The van der Waals surface area contributed by atoms with Crippen molar-refractivity contribution < 1.29 is 19.4 Å². The SMILES string of the molecule is COC(=O)c1cc([N+](=O)[O-])cc([N+](=O)[O-])c1N1CCC(Nc2cccc(C)c2)CC1. The van der Waals surface area contributed by atoms with Crippen molar-refractivity contribution in [1.82, 2.24) is 0 Å². The first-order valence-corrected chi connectivity index (χ1v) is 9.43. The van der Waals surface area contributed by atoms with E-state index in [2.05, 4.69) is 5.32 Å². The minimum absolute atomic E-state index is 0.0615. The molecule has 0 aliphatic carbocycles. The average Bonchev–Trinajstić information content (AvgIpc) is 2.72. The number of methoxy groups -OCH3 is 1. The van der Waals surface area contributed by atoms with Crippen molar-refractivity contribution in [2.45, 2.75) is 25.8 Å². The number of anilines is 2. The predicted molar refractivity (Wildman–Crippen MR) is 111 cm³/mol. The lowest BCUT2D eigenvalue weighted by molar-refractivity contribution is -0.393. The number of esters is 1. The number of rotatable bonds is 6. The molecule has 0 spiro atoms. The Bertz CT molecular complexity index is 985. The highest BCUT2D eigenvalue weighted by Crippen LogP contribution is 2.38. The van der Waals surface area contributed by atoms with Gasteiger partial charge >= 0.3 is 5.97 Å². The molecular formula is C20H22N4O6. The first kappa shape index (κ1) is 21.0. The number of nitrogens with zero attached hydrogens (tertiary/aromatic N) is 3. The van der Waals surface area contributed by atoms with E-state index in [4.69, 9.17) is 4.74 Å². The van der Waals surface area contributed by atoms with Crippen molar-refractivity contribution in [3.8, 4) is 0 Å². The van der Waals surface area contributed by atoms with Gasteiger partial charge in [0.25, 0.3) is 11.4 Å². The van der Waals surface area contributed by atoms with Gasteiger partial charge in [0.15, 0.2) is 0 Å². The molecule has 1 heterocycles. The van der Waals surface area contributed by atoms with Crippen LogP contribution >= 0.6 is 0 Å². The number of non-ortho nitro benzene ring substituents is 1. The third-order valence-electron chi connectivity index (χ3n) is 5.09. The molecule has 30 heavy (non-hydrogen) atoms. The number of benzene rings is 2. The summed E-state index contributed by atoms with van der Waals surface area (Å²) in [5.74, 6) is -0.850. The van der Waals surface area contributed by atoms with Crippen molar-refractivity contribution in [1.29, 1.82) is 0 Å². The van der Waals surface area contributed by atoms with Gasteiger partial charge in [-0.15, -0.1) is 0 Å². The van der Waals surface area contributed by atoms with E-state index in [1.807, 2.05) is 31.2 Å². The Kier molecular flexibility index (Phi) is 6.14. The summed E-state index contributed by atoms with van der Waals surface area (Å²) in [6, 6.07) is 10.1. The lowest BCUT2D eigenvalue weighted by Crippen LogP contribution is -2.40. The fourth-order valence-electron chi connectivity index (χ4n) is 3.66. The molecule has 1 aliphatic heterocycles. The van der Waals surface area contributed by atoms with E-state index in [1.54, 1.807) is 4.90 Å². The van der Waals surface area contributed by atoms with Gasteiger partial charge in [-0.25, -0.2) is 4.79 Å². The van der Waals surface area contributed by atoms with Gasteiger partial charge in [-0.05, 0) is 37.5 Å². The minimum atomic E-state index is -0.850. The molecule has 10 nitrogen and oxygen atoms in total. The molecule has 0 saturated carbocycles. The zero-order valence-electron chi connectivity index (χ0n) is 16.7. The van der Waals surface area contributed by atoms with Crippen LogP contribution in [0.3, 0.4) is 0 Å². The van der Waals surface area contributed by atoms with Crippen LogP contribution in [0.4, 0.5) is 22.7 Å². The summed E-state index contributed by atoms with van der Waals surface area (Å²) in [4.78, 5) is 35.3. The molecule has 0 radical (unpaired) electrons. The van der Waals surface area contributed by atoms with Crippen molar-refractivity contribution in [2.24, 2.45) is 0 Å². The van der Waals surface area contributed by atoms with E-state index in [9.17, 15) is 25.0 Å². The van der Waals surface area contributed by atoms with E-state index in [0.717, 1.165) is 30.5 Å². The second kappa shape index (κ2) is 8.76. The third kappa shape index (κ3) is 4.48. The van der Waals surface area contributed by atoms with Gasteiger partial charge in [0.2, 0.25) is 0 Å². The summed E-state index contributed by atoms with van der Waals surface area (Å²) < 4.78 is 4.73. The average molecular weight is 414 g/mol. The maximum atomic E-state index is 12.3. The molecule has 1 aliphatic rings. The van der Waals surface area contributed by atoms with Crippen LogP contribution in [0.2, 0.25) is 0 Å². The molecule has 158 valence electrons. The molecule has 3 rings (SSSR count). The lowest BCUT2D eigenvalue weighted by atomic mass is 10.0. The molecule has 0 bridgehead atoms. The maximum absolute atomic E-state index is 12.3. The van der Waals surface area contributed by atoms with Crippen LogP contribution in [-0.2, 0) is 4.74 Å². The Balaban J connectivity index is 1.87. The van der Waals surface area contributed by atoms with Gasteiger partial charge in [0.1, 0.15) is 5.69 Å². The fraction of sp³-hybridized carbons (Fsp3) is 0.350. The predicted octanol–water partition coefficient (Wildman–Crippen LogP) is 3.68. The highest BCUT2D eigenvalue weighted by Gasteiger charge is 2.33. The van der Waals surface area contributed by atoms with E-state index in [1.165, 1.54) is 0 Å². The monoisotopic (exact) mass is 414 g/mol. The first-order valence-electron chi connectivity index (χ1n) is 9.43. The van der Waals surface area contributed by atoms with Gasteiger partial charge in [-0.1, -0.05) is 12.1 Å². The molecule has 0 amide bonds. The van der Waals surface area contributed by atoms with Crippen LogP contribution in [0.5, 0.6) is 0 Å². The van der Waals surface area contributed by atoms with E-state index in [-0.39, 0.29) is 17.3 Å². The van der Waals surface area contributed by atoms with Gasteiger partial charge in [-0.3, -0.25) is 20.2 Å². The number of nitrogens with one attached hydrogen (secondary N) is 1. The highest BCUT2D eigenvalue weighted by molar-refractivity contribution is 5.99. The summed E-state index contributed by atoms with van der Waals surface area (Å²) in [5, 5.41) is 26.3. The number of ether oxygens (including phenoxy) is 1. The smallest absolute Gasteiger partial charge is 0.340 e. The molecule has 0 unspecified atom stereocenters. The number of hydrogen-bond acceptors (Lipinski definition) is 8. The van der Waals surface area contributed by atoms with Crippen molar-refractivity contribution in [3.63, 3.8) is 0 Å². The molecule has 1 saturated heterocycles. The van der Waals surface area contributed by atoms with Crippen LogP contribution in [0.15, 0.2) is 36.4 Å². The zero-order chi connectivity index (χ0) is 21.8. The number of hydrogen-bond donors (Lipinski definition) is 1.